The van der Waals surface area contributed by atoms with Gasteiger partial charge in [-0.25, -0.2) is 8.78 Å². The molecule has 4 heteroatoms. The second-order valence-corrected chi connectivity index (χ2v) is 3.09. The fourth-order valence-corrected chi connectivity index (χ4v) is 1.09. The van der Waals surface area contributed by atoms with E-state index in [0.717, 1.165) is 6.92 Å². The van der Waals surface area contributed by atoms with Gasteiger partial charge in [0.25, 0.3) is 5.92 Å². The summed E-state index contributed by atoms with van der Waals surface area (Å²) < 4.78 is 35.2. The number of methoxy groups -OCH3 is 1. The van der Waals surface area contributed by atoms with Crippen LogP contribution < -0.4 is 0 Å². The van der Waals surface area contributed by atoms with Crippen LogP contribution in [-0.2, 0) is 9.47 Å². The molecule has 11 heavy (non-hydrogen) atoms. The molecule has 0 atom stereocenters. The summed E-state index contributed by atoms with van der Waals surface area (Å²) in [5, 5.41) is 0. The Kier molecular flexibility index (Phi) is 2.16. The van der Waals surface area contributed by atoms with Crippen molar-refractivity contribution in [3.8, 4) is 0 Å². The molecule has 0 aromatic carbocycles. The van der Waals surface area contributed by atoms with Crippen molar-refractivity contribution in [2.75, 3.05) is 26.9 Å². The smallest absolute Gasteiger partial charge is 0.257 e. The third-order valence-corrected chi connectivity index (χ3v) is 2.11. The highest BCUT2D eigenvalue weighted by Crippen LogP contribution is 2.42. The molecule has 1 fully saturated rings. The number of alkyl halides is 2. The van der Waals surface area contributed by atoms with Crippen molar-refractivity contribution in [3.63, 3.8) is 0 Å². The van der Waals surface area contributed by atoms with Gasteiger partial charge in [-0.15, -0.1) is 0 Å². The molecule has 1 rings (SSSR count). The quantitative estimate of drug-likeness (QED) is 0.629. The van der Waals surface area contributed by atoms with E-state index in [-0.39, 0.29) is 19.8 Å². The van der Waals surface area contributed by atoms with Crippen LogP contribution in [0.1, 0.15) is 6.92 Å². The van der Waals surface area contributed by atoms with Gasteiger partial charge in [0.15, 0.2) is 0 Å². The standard InChI is InChI=1S/C7H12F2O2/c1-6(8,9)7(3-10-2)4-11-5-7/h3-5H2,1-2H3. The van der Waals surface area contributed by atoms with Gasteiger partial charge in [0.05, 0.1) is 19.8 Å². The van der Waals surface area contributed by atoms with Crippen LogP contribution >= 0.6 is 0 Å². The maximum atomic E-state index is 12.8. The molecule has 0 amide bonds. The summed E-state index contributed by atoms with van der Waals surface area (Å²) in [6, 6.07) is 0. The Morgan fingerprint density at radius 1 is 1.55 bits per heavy atom. The Morgan fingerprint density at radius 2 is 2.09 bits per heavy atom. The molecule has 0 N–H and O–H groups in total. The normalized spacial score (nSPS) is 22.9. The number of hydrogen-bond donors (Lipinski definition) is 0. The molecular formula is C7H12F2O2. The highest BCUT2D eigenvalue weighted by atomic mass is 19.3. The summed E-state index contributed by atoms with van der Waals surface area (Å²) in [7, 11) is 1.42. The summed E-state index contributed by atoms with van der Waals surface area (Å²) in [6.45, 7) is 1.18. The maximum absolute atomic E-state index is 12.8. The fraction of sp³-hybridized carbons (Fsp3) is 1.00. The lowest BCUT2D eigenvalue weighted by Crippen LogP contribution is -2.57. The molecule has 66 valence electrons. The number of ether oxygens (including phenoxy) is 2. The van der Waals surface area contributed by atoms with Crippen LogP contribution in [0.4, 0.5) is 8.78 Å². The van der Waals surface area contributed by atoms with Crippen LogP contribution in [-0.4, -0.2) is 32.9 Å². The van der Waals surface area contributed by atoms with Crippen LogP contribution in [0.3, 0.4) is 0 Å². The zero-order valence-electron chi connectivity index (χ0n) is 6.69. The molecule has 0 bridgehead atoms. The lowest BCUT2D eigenvalue weighted by Gasteiger charge is -2.44. The maximum Gasteiger partial charge on any atom is 0.257 e. The number of rotatable bonds is 3. The minimum atomic E-state index is -2.71. The van der Waals surface area contributed by atoms with E-state index in [1.807, 2.05) is 0 Å². The molecule has 2 nitrogen and oxygen atoms in total. The zero-order valence-corrected chi connectivity index (χ0v) is 6.69. The monoisotopic (exact) mass is 166 g/mol. The number of halogens is 2. The van der Waals surface area contributed by atoms with Crippen molar-refractivity contribution in [1.82, 2.24) is 0 Å². The predicted molar refractivity (Wildman–Crippen MR) is 35.7 cm³/mol. The first-order valence-electron chi connectivity index (χ1n) is 3.46. The summed E-state index contributed by atoms with van der Waals surface area (Å²) in [4.78, 5) is 0. The number of hydrogen-bond acceptors (Lipinski definition) is 2. The third-order valence-electron chi connectivity index (χ3n) is 2.11. The topological polar surface area (TPSA) is 18.5 Å². The van der Waals surface area contributed by atoms with Crippen molar-refractivity contribution in [2.24, 2.45) is 5.41 Å². The average molecular weight is 166 g/mol. The minimum absolute atomic E-state index is 0.0660. The molecule has 1 saturated heterocycles. The Balaban J connectivity index is 2.60. The van der Waals surface area contributed by atoms with Gasteiger partial charge in [-0.3, -0.25) is 0 Å². The summed E-state index contributed by atoms with van der Waals surface area (Å²) in [5.74, 6) is -2.71. The van der Waals surface area contributed by atoms with Gasteiger partial charge < -0.3 is 9.47 Å². The molecule has 1 aliphatic rings. The van der Waals surface area contributed by atoms with E-state index in [1.54, 1.807) is 0 Å². The Labute approximate surface area is 64.5 Å². The Hall–Kier alpha value is -0.220. The van der Waals surface area contributed by atoms with E-state index in [2.05, 4.69) is 0 Å². The minimum Gasteiger partial charge on any atom is -0.384 e. The van der Waals surface area contributed by atoms with Gasteiger partial charge in [-0.2, -0.15) is 0 Å². The highest BCUT2D eigenvalue weighted by molar-refractivity contribution is 4.95. The Morgan fingerprint density at radius 3 is 2.18 bits per heavy atom. The highest BCUT2D eigenvalue weighted by Gasteiger charge is 2.55. The van der Waals surface area contributed by atoms with E-state index < -0.39 is 11.3 Å². The van der Waals surface area contributed by atoms with E-state index in [9.17, 15) is 8.78 Å². The van der Waals surface area contributed by atoms with Gasteiger partial charge >= 0.3 is 0 Å². The first-order valence-corrected chi connectivity index (χ1v) is 3.46. The van der Waals surface area contributed by atoms with Gasteiger partial charge in [-0.05, 0) is 0 Å². The van der Waals surface area contributed by atoms with Gasteiger partial charge in [0.2, 0.25) is 0 Å². The SMILES string of the molecule is COCC1(C(C)(F)F)COC1. The van der Waals surface area contributed by atoms with Crippen molar-refractivity contribution >= 4 is 0 Å². The van der Waals surface area contributed by atoms with Gasteiger partial charge in [0.1, 0.15) is 5.41 Å². The van der Waals surface area contributed by atoms with Gasteiger partial charge in [-0.1, -0.05) is 0 Å². The van der Waals surface area contributed by atoms with Crippen molar-refractivity contribution < 1.29 is 18.3 Å². The first kappa shape index (κ1) is 8.87. The summed E-state index contributed by atoms with van der Waals surface area (Å²) >= 11 is 0. The first-order chi connectivity index (χ1) is 5.02. The molecule has 0 radical (unpaired) electrons. The average Bonchev–Trinajstić information content (AvgIpc) is 1.75. The molecule has 1 aliphatic heterocycles. The van der Waals surface area contributed by atoms with Crippen LogP contribution in [0.5, 0.6) is 0 Å². The van der Waals surface area contributed by atoms with Gasteiger partial charge in [0, 0.05) is 14.0 Å². The molecule has 0 aliphatic carbocycles. The molecule has 0 spiro atoms. The lowest BCUT2D eigenvalue weighted by molar-refractivity contribution is -0.252. The van der Waals surface area contributed by atoms with Crippen LogP contribution in [0.25, 0.3) is 0 Å². The summed E-state index contributed by atoms with van der Waals surface area (Å²) in [6.07, 6.45) is 0. The second kappa shape index (κ2) is 2.68. The molecular weight excluding hydrogens is 154 g/mol. The predicted octanol–water partition coefficient (Wildman–Crippen LogP) is 1.30. The zero-order chi connectivity index (χ0) is 8.54. The van der Waals surface area contributed by atoms with E-state index >= 15 is 0 Å². The summed E-state index contributed by atoms with van der Waals surface area (Å²) in [5.41, 5.74) is -1.07. The van der Waals surface area contributed by atoms with Crippen molar-refractivity contribution in [2.45, 2.75) is 12.8 Å². The lowest BCUT2D eigenvalue weighted by atomic mass is 9.81. The van der Waals surface area contributed by atoms with E-state index in [0.29, 0.717) is 0 Å². The third kappa shape index (κ3) is 1.37. The largest absolute Gasteiger partial charge is 0.384 e. The second-order valence-electron chi connectivity index (χ2n) is 3.09. The van der Waals surface area contributed by atoms with Crippen LogP contribution in [0, 0.1) is 5.41 Å². The van der Waals surface area contributed by atoms with Crippen molar-refractivity contribution in [1.29, 1.82) is 0 Å². The van der Waals surface area contributed by atoms with E-state index in [4.69, 9.17) is 9.47 Å². The molecule has 0 saturated carbocycles. The molecule has 0 aromatic heterocycles. The molecule has 1 heterocycles. The van der Waals surface area contributed by atoms with Crippen molar-refractivity contribution in [3.05, 3.63) is 0 Å². The fourth-order valence-electron chi connectivity index (χ4n) is 1.09. The Bertz CT molecular complexity index is 138. The van der Waals surface area contributed by atoms with E-state index in [1.165, 1.54) is 7.11 Å². The molecule has 0 aromatic rings. The van der Waals surface area contributed by atoms with Crippen LogP contribution in [0.2, 0.25) is 0 Å². The van der Waals surface area contributed by atoms with Crippen LogP contribution in [0.15, 0.2) is 0 Å². The molecule has 0 unspecified atom stereocenters.